The molecule has 0 aromatic heterocycles. The van der Waals surface area contributed by atoms with Crippen LogP contribution in [0.3, 0.4) is 0 Å². The van der Waals surface area contributed by atoms with Gasteiger partial charge in [-0.3, -0.25) is 0 Å². The predicted octanol–water partition coefficient (Wildman–Crippen LogP) is 4.77. The highest BCUT2D eigenvalue weighted by atomic mass is 79.9. The van der Waals surface area contributed by atoms with Gasteiger partial charge in [0.25, 0.3) is 0 Å². The molecule has 0 spiro atoms. The summed E-state index contributed by atoms with van der Waals surface area (Å²) in [6, 6.07) is 14.0. The average Bonchev–Trinajstić information content (AvgIpc) is 2.40. The van der Waals surface area contributed by atoms with Crippen molar-refractivity contribution >= 4 is 31.9 Å². The lowest BCUT2D eigenvalue weighted by Gasteiger charge is -2.16. The van der Waals surface area contributed by atoms with Gasteiger partial charge in [-0.15, -0.1) is 0 Å². The molecule has 2 aromatic rings. The summed E-state index contributed by atoms with van der Waals surface area (Å²) in [5.41, 5.74) is 2.09. The van der Waals surface area contributed by atoms with Gasteiger partial charge in [0.15, 0.2) is 0 Å². The van der Waals surface area contributed by atoms with Crippen LogP contribution in [0.2, 0.25) is 0 Å². The van der Waals surface area contributed by atoms with E-state index in [4.69, 9.17) is 0 Å². The van der Waals surface area contributed by atoms with Crippen LogP contribution in [0.5, 0.6) is 5.75 Å². The highest BCUT2D eigenvalue weighted by molar-refractivity contribution is 9.10. The molecule has 2 nitrogen and oxygen atoms in total. The van der Waals surface area contributed by atoms with Crippen LogP contribution in [0, 0.1) is 0 Å². The molecule has 0 amide bonds. The van der Waals surface area contributed by atoms with E-state index in [1.165, 1.54) is 5.56 Å². The Morgan fingerprint density at radius 3 is 2.47 bits per heavy atom. The van der Waals surface area contributed by atoms with E-state index >= 15 is 0 Å². The van der Waals surface area contributed by atoms with Crippen molar-refractivity contribution in [3.63, 3.8) is 0 Å². The van der Waals surface area contributed by atoms with Gasteiger partial charge in [-0.05, 0) is 40.5 Å². The van der Waals surface area contributed by atoms with Crippen LogP contribution in [0.1, 0.15) is 24.1 Å². The van der Waals surface area contributed by atoms with Crippen molar-refractivity contribution in [3.05, 3.63) is 62.5 Å². The molecular formula is C15H15Br2NO. The first-order chi connectivity index (χ1) is 9.09. The van der Waals surface area contributed by atoms with Crippen LogP contribution in [-0.4, -0.2) is 5.11 Å². The second-order valence-corrected chi connectivity index (χ2v) is 6.08. The van der Waals surface area contributed by atoms with Crippen molar-refractivity contribution < 1.29 is 5.11 Å². The molecule has 2 rings (SSSR count). The van der Waals surface area contributed by atoms with Gasteiger partial charge in [0.2, 0.25) is 0 Å². The number of phenols is 1. The SMILES string of the molecule is C[C@H](NCc1cccc(Br)c1O)c1ccccc1Br. The van der Waals surface area contributed by atoms with Crippen LogP contribution in [-0.2, 0) is 6.54 Å². The predicted molar refractivity (Wildman–Crippen MR) is 85.2 cm³/mol. The highest BCUT2D eigenvalue weighted by Gasteiger charge is 2.10. The van der Waals surface area contributed by atoms with E-state index in [0.717, 1.165) is 14.5 Å². The van der Waals surface area contributed by atoms with E-state index < -0.39 is 0 Å². The van der Waals surface area contributed by atoms with Crippen molar-refractivity contribution in [1.82, 2.24) is 5.32 Å². The summed E-state index contributed by atoms with van der Waals surface area (Å²) in [5.74, 6) is 0.300. The van der Waals surface area contributed by atoms with Gasteiger partial charge in [-0.25, -0.2) is 0 Å². The summed E-state index contributed by atoms with van der Waals surface area (Å²) >= 11 is 6.88. The maximum atomic E-state index is 9.94. The van der Waals surface area contributed by atoms with Gasteiger partial charge in [0.1, 0.15) is 5.75 Å². The minimum absolute atomic E-state index is 0.203. The van der Waals surface area contributed by atoms with Crippen molar-refractivity contribution in [1.29, 1.82) is 0 Å². The molecule has 2 aromatic carbocycles. The van der Waals surface area contributed by atoms with E-state index in [9.17, 15) is 5.11 Å². The van der Waals surface area contributed by atoms with Crippen molar-refractivity contribution in [2.75, 3.05) is 0 Å². The summed E-state index contributed by atoms with van der Waals surface area (Å²) in [7, 11) is 0. The topological polar surface area (TPSA) is 32.3 Å². The van der Waals surface area contributed by atoms with Crippen LogP contribution in [0.25, 0.3) is 0 Å². The van der Waals surface area contributed by atoms with E-state index in [0.29, 0.717) is 12.3 Å². The Morgan fingerprint density at radius 1 is 1.05 bits per heavy atom. The molecule has 0 aliphatic carbocycles. The fraction of sp³-hybridized carbons (Fsp3) is 0.200. The van der Waals surface area contributed by atoms with E-state index in [2.05, 4.69) is 50.2 Å². The molecule has 0 heterocycles. The van der Waals surface area contributed by atoms with Gasteiger partial charge in [0.05, 0.1) is 4.47 Å². The lowest BCUT2D eigenvalue weighted by molar-refractivity contribution is 0.457. The third kappa shape index (κ3) is 3.59. The minimum Gasteiger partial charge on any atom is -0.506 e. The zero-order valence-electron chi connectivity index (χ0n) is 10.5. The maximum Gasteiger partial charge on any atom is 0.134 e. The zero-order valence-corrected chi connectivity index (χ0v) is 13.7. The number of aromatic hydroxyl groups is 1. The van der Waals surface area contributed by atoms with Gasteiger partial charge < -0.3 is 10.4 Å². The molecule has 0 saturated heterocycles. The Kier molecular flexibility index (Phi) is 5.02. The molecule has 0 unspecified atom stereocenters. The van der Waals surface area contributed by atoms with E-state index in [1.807, 2.05) is 36.4 Å². The normalized spacial score (nSPS) is 12.4. The van der Waals surface area contributed by atoms with Gasteiger partial charge >= 0.3 is 0 Å². The largest absolute Gasteiger partial charge is 0.506 e. The van der Waals surface area contributed by atoms with E-state index in [1.54, 1.807) is 0 Å². The summed E-state index contributed by atoms with van der Waals surface area (Å²) < 4.78 is 1.81. The Morgan fingerprint density at radius 2 is 1.74 bits per heavy atom. The number of phenolic OH excluding ortho intramolecular Hbond substituents is 1. The number of rotatable bonds is 4. The summed E-state index contributed by atoms with van der Waals surface area (Å²) in [6.07, 6.45) is 0. The molecule has 0 bridgehead atoms. The molecule has 0 saturated carbocycles. The second kappa shape index (κ2) is 6.55. The number of hydrogen-bond donors (Lipinski definition) is 2. The number of nitrogens with one attached hydrogen (secondary N) is 1. The Hall–Kier alpha value is -0.840. The highest BCUT2D eigenvalue weighted by Crippen LogP contribution is 2.28. The quantitative estimate of drug-likeness (QED) is 0.795. The smallest absolute Gasteiger partial charge is 0.134 e. The van der Waals surface area contributed by atoms with Crippen molar-refractivity contribution in [2.45, 2.75) is 19.5 Å². The monoisotopic (exact) mass is 383 g/mol. The Labute approximate surface area is 130 Å². The summed E-state index contributed by atoms with van der Waals surface area (Å²) in [6.45, 7) is 2.73. The molecule has 19 heavy (non-hydrogen) atoms. The Balaban J connectivity index is 2.07. The Bertz CT molecular complexity index is 572. The van der Waals surface area contributed by atoms with Crippen LogP contribution in [0.4, 0.5) is 0 Å². The zero-order chi connectivity index (χ0) is 13.8. The van der Waals surface area contributed by atoms with Gasteiger partial charge in [0, 0.05) is 22.6 Å². The number of benzene rings is 2. The van der Waals surface area contributed by atoms with Crippen LogP contribution >= 0.6 is 31.9 Å². The fourth-order valence-electron chi connectivity index (χ4n) is 1.90. The minimum atomic E-state index is 0.203. The number of para-hydroxylation sites is 1. The lowest BCUT2D eigenvalue weighted by atomic mass is 10.1. The fourth-order valence-corrected chi connectivity index (χ4v) is 2.94. The number of hydrogen-bond acceptors (Lipinski definition) is 2. The number of halogens is 2. The van der Waals surface area contributed by atoms with Crippen molar-refractivity contribution in [2.24, 2.45) is 0 Å². The van der Waals surface area contributed by atoms with E-state index in [-0.39, 0.29) is 6.04 Å². The first-order valence-electron chi connectivity index (χ1n) is 6.03. The van der Waals surface area contributed by atoms with Crippen molar-refractivity contribution in [3.8, 4) is 5.75 Å². The lowest BCUT2D eigenvalue weighted by Crippen LogP contribution is -2.18. The molecule has 0 fully saturated rings. The van der Waals surface area contributed by atoms with Gasteiger partial charge in [-0.1, -0.05) is 46.3 Å². The first-order valence-corrected chi connectivity index (χ1v) is 7.62. The summed E-state index contributed by atoms with van der Waals surface area (Å²) in [4.78, 5) is 0. The molecule has 4 heteroatoms. The molecule has 0 aliphatic heterocycles. The molecule has 2 N–H and O–H groups in total. The maximum absolute atomic E-state index is 9.94. The molecule has 1 atom stereocenters. The van der Waals surface area contributed by atoms with Crippen LogP contribution < -0.4 is 5.32 Å². The standard InChI is InChI=1S/C15H15Br2NO/c1-10(12-6-2-3-7-13(12)16)18-9-11-5-4-8-14(17)15(11)19/h2-8,10,18-19H,9H2,1H3/t10-/m0/s1. The third-order valence-electron chi connectivity index (χ3n) is 3.04. The molecule has 0 aliphatic rings. The van der Waals surface area contributed by atoms with Crippen LogP contribution in [0.15, 0.2) is 51.4 Å². The third-order valence-corrected chi connectivity index (χ3v) is 4.40. The first kappa shape index (κ1) is 14.6. The molecular weight excluding hydrogens is 370 g/mol. The molecule has 100 valence electrons. The van der Waals surface area contributed by atoms with Gasteiger partial charge in [-0.2, -0.15) is 0 Å². The average molecular weight is 385 g/mol. The molecule has 0 radical (unpaired) electrons. The second-order valence-electron chi connectivity index (χ2n) is 4.37. The summed E-state index contributed by atoms with van der Waals surface area (Å²) in [5, 5.41) is 13.4.